The van der Waals surface area contributed by atoms with Crippen LogP contribution in [0, 0.1) is 11.3 Å². The summed E-state index contributed by atoms with van der Waals surface area (Å²) in [5.74, 6) is 0. The highest BCUT2D eigenvalue weighted by molar-refractivity contribution is 9.10. The van der Waals surface area contributed by atoms with Crippen molar-refractivity contribution in [3.05, 3.63) is 80.1 Å². The third-order valence-electron chi connectivity index (χ3n) is 5.14. The topological polar surface area (TPSA) is 60.5 Å². The maximum Gasteiger partial charge on any atom is 0.336 e. The van der Waals surface area contributed by atoms with Gasteiger partial charge in [0.05, 0.1) is 11.6 Å². The molecule has 0 saturated carbocycles. The van der Waals surface area contributed by atoms with E-state index in [1.165, 1.54) is 5.56 Å². The molecule has 1 fully saturated rings. The summed E-state index contributed by atoms with van der Waals surface area (Å²) >= 11 is 3.43. The summed E-state index contributed by atoms with van der Waals surface area (Å²) in [5, 5.41) is 9.89. The molecule has 0 atom stereocenters. The second-order valence-corrected chi connectivity index (χ2v) is 8.01. The van der Waals surface area contributed by atoms with E-state index in [4.69, 9.17) is 9.68 Å². The number of hydrogen-bond acceptors (Lipinski definition) is 5. The highest BCUT2D eigenvalue weighted by Gasteiger charge is 2.18. The Labute approximate surface area is 171 Å². The van der Waals surface area contributed by atoms with E-state index < -0.39 is 0 Å². The molecular weight excluding hydrogens is 418 g/mol. The molecule has 2 heterocycles. The van der Waals surface area contributed by atoms with Gasteiger partial charge in [-0.25, -0.2) is 4.79 Å². The number of nitrogens with zero attached hydrogens (tertiary/aromatic N) is 3. The number of benzene rings is 2. The first-order valence-electron chi connectivity index (χ1n) is 9.27. The Bertz CT molecular complexity index is 1080. The van der Waals surface area contributed by atoms with Crippen molar-refractivity contribution in [2.75, 3.05) is 26.2 Å². The Kier molecular flexibility index (Phi) is 5.58. The van der Waals surface area contributed by atoms with Gasteiger partial charge in [0, 0.05) is 55.2 Å². The Hall–Kier alpha value is -2.46. The number of fused-ring (bicyclic) bond motifs is 1. The molecule has 0 amide bonds. The van der Waals surface area contributed by atoms with Crippen molar-refractivity contribution >= 4 is 26.9 Å². The van der Waals surface area contributed by atoms with Crippen LogP contribution < -0.4 is 5.63 Å². The van der Waals surface area contributed by atoms with E-state index in [0.29, 0.717) is 11.1 Å². The van der Waals surface area contributed by atoms with Gasteiger partial charge in [-0.05, 0) is 41.5 Å². The normalized spacial score (nSPS) is 15.6. The summed E-state index contributed by atoms with van der Waals surface area (Å²) in [4.78, 5) is 16.7. The molecule has 2 aromatic carbocycles. The Morgan fingerprint density at radius 1 is 0.964 bits per heavy atom. The number of halogens is 1. The van der Waals surface area contributed by atoms with Gasteiger partial charge in [0.1, 0.15) is 5.58 Å². The molecule has 142 valence electrons. The molecule has 0 aliphatic carbocycles. The van der Waals surface area contributed by atoms with Gasteiger partial charge in [0.2, 0.25) is 0 Å². The average molecular weight is 438 g/mol. The molecule has 0 bridgehead atoms. The molecule has 4 rings (SSSR count). The third-order valence-corrected chi connectivity index (χ3v) is 5.63. The minimum Gasteiger partial charge on any atom is -0.423 e. The smallest absolute Gasteiger partial charge is 0.336 e. The predicted molar refractivity (Wildman–Crippen MR) is 112 cm³/mol. The van der Waals surface area contributed by atoms with E-state index in [2.05, 4.69) is 31.8 Å². The Morgan fingerprint density at radius 2 is 1.64 bits per heavy atom. The number of hydrogen-bond donors (Lipinski definition) is 0. The van der Waals surface area contributed by atoms with Crippen molar-refractivity contribution in [3.8, 4) is 6.07 Å². The van der Waals surface area contributed by atoms with Gasteiger partial charge in [-0.1, -0.05) is 28.1 Å². The summed E-state index contributed by atoms with van der Waals surface area (Å²) in [5.41, 5.74) is 3.25. The molecule has 6 heteroatoms. The van der Waals surface area contributed by atoms with E-state index in [9.17, 15) is 4.79 Å². The standard InChI is InChI=1S/C22H20BrN3O2/c23-19-5-6-20-18(11-22(27)28-21(20)12-19)15-26-9-7-25(8-10-26)14-17-3-1-16(13-24)2-4-17/h1-6,11-12H,7-10,14-15H2. The fraction of sp³-hybridized carbons (Fsp3) is 0.273. The van der Waals surface area contributed by atoms with Crippen LogP contribution in [-0.4, -0.2) is 36.0 Å². The molecule has 1 saturated heterocycles. The average Bonchev–Trinajstić information content (AvgIpc) is 2.69. The van der Waals surface area contributed by atoms with Crippen LogP contribution in [0.3, 0.4) is 0 Å². The molecule has 0 unspecified atom stereocenters. The van der Waals surface area contributed by atoms with Crippen LogP contribution in [0.2, 0.25) is 0 Å². The molecular formula is C22H20BrN3O2. The first-order valence-corrected chi connectivity index (χ1v) is 10.1. The van der Waals surface area contributed by atoms with E-state index in [0.717, 1.165) is 54.7 Å². The monoisotopic (exact) mass is 437 g/mol. The van der Waals surface area contributed by atoms with Gasteiger partial charge >= 0.3 is 5.63 Å². The summed E-state index contributed by atoms with van der Waals surface area (Å²) in [7, 11) is 0. The van der Waals surface area contributed by atoms with Gasteiger partial charge in [-0.3, -0.25) is 9.80 Å². The van der Waals surface area contributed by atoms with Crippen molar-refractivity contribution in [1.82, 2.24) is 9.80 Å². The number of piperazine rings is 1. The van der Waals surface area contributed by atoms with Gasteiger partial charge in [-0.15, -0.1) is 0 Å². The van der Waals surface area contributed by atoms with Crippen LogP contribution in [0.25, 0.3) is 11.0 Å². The zero-order valence-corrected chi connectivity index (χ0v) is 17.0. The van der Waals surface area contributed by atoms with Crippen LogP contribution >= 0.6 is 15.9 Å². The predicted octanol–water partition coefficient (Wildman–Crippen LogP) is 3.74. The van der Waals surface area contributed by atoms with Crippen molar-refractivity contribution in [3.63, 3.8) is 0 Å². The van der Waals surface area contributed by atoms with E-state index in [1.807, 2.05) is 42.5 Å². The zero-order chi connectivity index (χ0) is 19.5. The summed E-state index contributed by atoms with van der Waals surface area (Å²) in [6.45, 7) is 5.50. The fourth-order valence-corrected chi connectivity index (χ4v) is 3.96. The summed E-state index contributed by atoms with van der Waals surface area (Å²) in [6, 6.07) is 17.4. The Morgan fingerprint density at radius 3 is 2.32 bits per heavy atom. The molecule has 1 aliphatic rings. The molecule has 0 spiro atoms. The zero-order valence-electron chi connectivity index (χ0n) is 15.4. The second-order valence-electron chi connectivity index (χ2n) is 7.09. The SMILES string of the molecule is N#Cc1ccc(CN2CCN(Cc3cc(=O)oc4cc(Br)ccc34)CC2)cc1. The highest BCUT2D eigenvalue weighted by Crippen LogP contribution is 2.23. The van der Waals surface area contributed by atoms with Gasteiger partial charge in [-0.2, -0.15) is 5.26 Å². The lowest BCUT2D eigenvalue weighted by Gasteiger charge is -2.34. The van der Waals surface area contributed by atoms with Crippen LogP contribution in [-0.2, 0) is 13.1 Å². The number of nitriles is 1. The molecule has 5 nitrogen and oxygen atoms in total. The van der Waals surface area contributed by atoms with Crippen molar-refractivity contribution in [1.29, 1.82) is 5.26 Å². The van der Waals surface area contributed by atoms with Crippen LogP contribution in [0.15, 0.2) is 62.2 Å². The van der Waals surface area contributed by atoms with Gasteiger partial charge in [0.15, 0.2) is 0 Å². The minimum atomic E-state index is -0.306. The Balaban J connectivity index is 1.40. The maximum absolute atomic E-state index is 11.9. The molecule has 3 aromatic rings. The number of rotatable bonds is 4. The lowest BCUT2D eigenvalue weighted by molar-refractivity contribution is 0.122. The first-order chi connectivity index (χ1) is 13.6. The lowest BCUT2D eigenvalue weighted by Crippen LogP contribution is -2.45. The second kappa shape index (κ2) is 8.27. The quantitative estimate of drug-likeness (QED) is 0.581. The van der Waals surface area contributed by atoms with Crippen molar-refractivity contribution in [2.45, 2.75) is 13.1 Å². The maximum atomic E-state index is 11.9. The molecule has 28 heavy (non-hydrogen) atoms. The van der Waals surface area contributed by atoms with Gasteiger partial charge < -0.3 is 4.42 Å². The van der Waals surface area contributed by atoms with Crippen LogP contribution in [0.1, 0.15) is 16.7 Å². The first kappa shape index (κ1) is 18.9. The van der Waals surface area contributed by atoms with E-state index >= 15 is 0 Å². The molecule has 0 radical (unpaired) electrons. The third kappa shape index (κ3) is 4.33. The van der Waals surface area contributed by atoms with Gasteiger partial charge in [0.25, 0.3) is 0 Å². The highest BCUT2D eigenvalue weighted by atomic mass is 79.9. The van der Waals surface area contributed by atoms with Crippen LogP contribution in [0.4, 0.5) is 0 Å². The summed E-state index contributed by atoms with van der Waals surface area (Å²) < 4.78 is 6.24. The molecule has 0 N–H and O–H groups in total. The van der Waals surface area contributed by atoms with Crippen LogP contribution in [0.5, 0.6) is 0 Å². The minimum absolute atomic E-state index is 0.306. The molecule has 1 aromatic heterocycles. The fourth-order valence-electron chi connectivity index (χ4n) is 3.62. The largest absolute Gasteiger partial charge is 0.423 e. The molecule has 1 aliphatic heterocycles. The van der Waals surface area contributed by atoms with Crippen molar-refractivity contribution < 1.29 is 4.42 Å². The van der Waals surface area contributed by atoms with E-state index in [-0.39, 0.29) is 5.63 Å². The van der Waals surface area contributed by atoms with E-state index in [1.54, 1.807) is 6.07 Å². The summed E-state index contributed by atoms with van der Waals surface area (Å²) in [6.07, 6.45) is 0. The lowest BCUT2D eigenvalue weighted by atomic mass is 10.1. The van der Waals surface area contributed by atoms with Crippen molar-refractivity contribution in [2.24, 2.45) is 0 Å².